The van der Waals surface area contributed by atoms with Crippen LogP contribution in [0.1, 0.15) is 52.0 Å². The predicted octanol–water partition coefficient (Wildman–Crippen LogP) is 1.33. The van der Waals surface area contributed by atoms with E-state index in [9.17, 15) is 9.59 Å². The molecule has 1 aromatic heterocycles. The molecule has 2 atom stereocenters. The zero-order valence-electron chi connectivity index (χ0n) is 20.1. The molecule has 1 heterocycles. The van der Waals surface area contributed by atoms with Gasteiger partial charge in [-0.3, -0.25) is 14.6 Å². The molecule has 0 radical (unpaired) electrons. The molecule has 0 aliphatic heterocycles. The first-order chi connectivity index (χ1) is 15.2. The van der Waals surface area contributed by atoms with E-state index in [1.807, 2.05) is 19.2 Å². The zero-order chi connectivity index (χ0) is 24.9. The lowest BCUT2D eigenvalue weighted by Crippen LogP contribution is -2.39. The first-order valence-electron chi connectivity index (χ1n) is 10.8. The fourth-order valence-corrected chi connectivity index (χ4v) is 2.98. The quantitative estimate of drug-likeness (QED) is 0.105. The van der Waals surface area contributed by atoms with Gasteiger partial charge in [-0.15, -0.1) is 11.3 Å². The molecule has 9 nitrogen and oxygen atoms in total. The average molecular weight is 490 g/mol. The number of guanidine groups is 1. The summed E-state index contributed by atoms with van der Waals surface area (Å²) < 4.78 is 0. The van der Waals surface area contributed by atoms with Crippen molar-refractivity contribution in [1.82, 2.24) is 15.6 Å². The molecule has 0 spiro atoms. The molecule has 1 unspecified atom stereocenters. The Labute approximate surface area is 202 Å². The van der Waals surface area contributed by atoms with Crippen LogP contribution in [0.25, 0.3) is 0 Å². The zero-order valence-corrected chi connectivity index (χ0v) is 21.8. The summed E-state index contributed by atoms with van der Waals surface area (Å²) in [6, 6.07) is -0.253. The lowest BCUT2D eigenvalue weighted by atomic mass is 10.1. The van der Waals surface area contributed by atoms with Crippen LogP contribution >= 0.6 is 24.0 Å². The number of carbonyl (C=O) groups excluding carboxylic acids is 2. The van der Waals surface area contributed by atoms with Gasteiger partial charge in [-0.25, -0.2) is 4.98 Å². The van der Waals surface area contributed by atoms with Crippen LogP contribution in [-0.2, 0) is 16.0 Å². The van der Waals surface area contributed by atoms with Crippen LogP contribution in [0, 0.1) is 5.92 Å². The molecule has 1 rings (SSSR count). The summed E-state index contributed by atoms with van der Waals surface area (Å²) >= 11 is 5.13. The second-order valence-electron chi connectivity index (χ2n) is 7.36. The minimum Gasteiger partial charge on any atom is -0.370 e. The monoisotopic (exact) mass is 489 g/mol. The van der Waals surface area contributed by atoms with Gasteiger partial charge >= 0.3 is 0 Å². The molecule has 0 fully saturated rings. The topological polar surface area (TPSA) is 162 Å². The maximum absolute atomic E-state index is 11.8. The Morgan fingerprint density at radius 1 is 1.28 bits per heavy atom. The number of hydrogen-bond acceptors (Lipinski definition) is 8. The third-order valence-corrected chi connectivity index (χ3v) is 4.90. The Morgan fingerprint density at radius 3 is 2.41 bits per heavy atom. The summed E-state index contributed by atoms with van der Waals surface area (Å²) in [7, 11) is 0. The van der Waals surface area contributed by atoms with Crippen LogP contribution in [0.4, 0.5) is 0 Å². The molecule has 8 N–H and O–H groups in total. The van der Waals surface area contributed by atoms with E-state index in [1.54, 1.807) is 23.8 Å². The number of aromatic nitrogens is 1. The second-order valence-corrected chi connectivity index (χ2v) is 8.34. The molecular weight excluding hydrogens is 446 g/mol. The molecule has 0 bridgehead atoms. The highest BCUT2D eigenvalue weighted by atomic mass is 32.1. The van der Waals surface area contributed by atoms with Crippen LogP contribution in [0.3, 0.4) is 0 Å². The first kappa shape index (κ1) is 32.5. The van der Waals surface area contributed by atoms with Gasteiger partial charge in [0.2, 0.25) is 5.91 Å². The van der Waals surface area contributed by atoms with Gasteiger partial charge in [-0.1, -0.05) is 20.8 Å². The third-order valence-electron chi connectivity index (χ3n) is 4.09. The normalized spacial score (nSPS) is 11.9. The van der Waals surface area contributed by atoms with Crippen molar-refractivity contribution in [2.75, 3.05) is 25.9 Å². The van der Waals surface area contributed by atoms with Crippen molar-refractivity contribution in [1.29, 1.82) is 0 Å². The van der Waals surface area contributed by atoms with Crippen molar-refractivity contribution >= 4 is 41.6 Å². The van der Waals surface area contributed by atoms with Crippen LogP contribution in [0.5, 0.6) is 0 Å². The molecule has 11 heteroatoms. The molecular formula is C21H43N7O2S2. The summed E-state index contributed by atoms with van der Waals surface area (Å²) in [6.45, 7) is 9.47. The number of amides is 1. The van der Waals surface area contributed by atoms with Crippen LogP contribution in [-0.4, -0.2) is 60.6 Å². The second kappa shape index (κ2) is 21.2. The molecule has 1 amide bonds. The molecule has 0 aliphatic rings. The van der Waals surface area contributed by atoms with Gasteiger partial charge in [0.1, 0.15) is 5.78 Å². The van der Waals surface area contributed by atoms with Crippen LogP contribution in [0.15, 0.2) is 16.6 Å². The minimum atomic E-state index is -0.327. The number of Topliss-reactive ketones (excluding diaryl/α,β-unsaturated/α-hetero) is 1. The highest BCUT2D eigenvalue weighted by Gasteiger charge is 2.16. The lowest BCUT2D eigenvalue weighted by Gasteiger charge is -2.18. The van der Waals surface area contributed by atoms with E-state index in [1.165, 1.54) is 6.92 Å². The number of thiazole rings is 1. The van der Waals surface area contributed by atoms with E-state index in [0.29, 0.717) is 13.1 Å². The average Bonchev–Trinajstić information content (AvgIpc) is 3.25. The Kier molecular flexibility index (Phi) is 21.5. The lowest BCUT2D eigenvalue weighted by molar-refractivity contribution is -0.124. The van der Waals surface area contributed by atoms with E-state index >= 15 is 0 Å². The first-order valence-corrected chi connectivity index (χ1v) is 12.6. The van der Waals surface area contributed by atoms with Gasteiger partial charge in [0.25, 0.3) is 0 Å². The number of carbonyl (C=O) groups is 2. The summed E-state index contributed by atoms with van der Waals surface area (Å²) in [5.74, 6) is 0.191. The van der Waals surface area contributed by atoms with Gasteiger partial charge in [-0.2, -0.15) is 12.6 Å². The number of nitrogens with zero attached hydrogens (tertiary/aromatic N) is 2. The summed E-state index contributed by atoms with van der Waals surface area (Å²) in [4.78, 5) is 30.6. The molecule has 186 valence electrons. The number of thiol groups is 1. The van der Waals surface area contributed by atoms with E-state index in [-0.39, 0.29) is 35.7 Å². The molecule has 0 saturated carbocycles. The Hall–Kier alpha value is -1.69. The maximum Gasteiger partial charge on any atom is 0.222 e. The summed E-state index contributed by atoms with van der Waals surface area (Å²) in [5.41, 5.74) is 16.0. The molecule has 0 aliphatic carbocycles. The molecule has 1 aromatic rings. The van der Waals surface area contributed by atoms with Crippen molar-refractivity contribution < 1.29 is 9.59 Å². The predicted molar refractivity (Wildman–Crippen MR) is 139 cm³/mol. The van der Waals surface area contributed by atoms with E-state index in [2.05, 4.69) is 40.2 Å². The van der Waals surface area contributed by atoms with E-state index < -0.39 is 0 Å². The summed E-state index contributed by atoms with van der Waals surface area (Å²) in [6.07, 6.45) is 6.95. The van der Waals surface area contributed by atoms with Gasteiger partial charge < -0.3 is 27.8 Å². The van der Waals surface area contributed by atoms with Crippen molar-refractivity contribution in [2.24, 2.45) is 28.1 Å². The third kappa shape index (κ3) is 19.0. The van der Waals surface area contributed by atoms with E-state index in [4.69, 9.17) is 17.2 Å². The van der Waals surface area contributed by atoms with Crippen molar-refractivity contribution in [2.45, 2.75) is 65.5 Å². The highest BCUT2D eigenvalue weighted by Crippen LogP contribution is 2.11. The van der Waals surface area contributed by atoms with Crippen LogP contribution < -0.4 is 27.8 Å². The van der Waals surface area contributed by atoms with Crippen molar-refractivity contribution in [3.8, 4) is 0 Å². The van der Waals surface area contributed by atoms with Gasteiger partial charge in [0.05, 0.1) is 11.0 Å². The van der Waals surface area contributed by atoms with Crippen molar-refractivity contribution in [3.63, 3.8) is 0 Å². The Balaban J connectivity index is 0. The Morgan fingerprint density at radius 2 is 1.94 bits per heavy atom. The minimum absolute atomic E-state index is 0.0218. The maximum atomic E-state index is 11.8. The Bertz CT molecular complexity index is 622. The number of rotatable bonds is 13. The van der Waals surface area contributed by atoms with E-state index in [0.717, 1.165) is 37.2 Å². The number of nitrogens with one attached hydrogen (secondary N) is 2. The van der Waals surface area contributed by atoms with Crippen LogP contribution in [0.2, 0.25) is 0 Å². The highest BCUT2D eigenvalue weighted by molar-refractivity contribution is 7.79. The standard InChI is InChI=1S/C13H23N5OS.C7H16N2O.CH4S/c1-9(2)12(19)18-10(4-3-5-17-13(14)15)8-11-16-6-7-20-11;1-3-4-9-5-7(8)6(2)10;1-2/h6-7,9-10H,3-5,8H2,1-2H3,(H,18,19)(H4,14,15,17);7,9H,3-5,8H2,1-2H3;2H,1H3/t10-;;/m0../s1. The van der Waals surface area contributed by atoms with Crippen molar-refractivity contribution in [3.05, 3.63) is 16.6 Å². The summed E-state index contributed by atoms with van der Waals surface area (Å²) in [5, 5.41) is 9.10. The molecule has 32 heavy (non-hydrogen) atoms. The van der Waals surface area contributed by atoms with Gasteiger partial charge in [0.15, 0.2) is 5.96 Å². The number of hydrogen-bond donors (Lipinski definition) is 6. The van der Waals surface area contributed by atoms with Gasteiger partial charge in [0, 0.05) is 43.0 Å². The fraction of sp³-hybridized carbons (Fsp3) is 0.714. The van der Waals surface area contributed by atoms with Gasteiger partial charge in [-0.05, 0) is 39.0 Å². The molecule has 0 saturated heterocycles. The SMILES string of the molecule is CC(C)C(=O)N[C@@H](CCCN=C(N)N)Cc1nccs1.CCCNCC(N)C(C)=O.CS. The number of ketones is 1. The largest absolute Gasteiger partial charge is 0.370 e. The fourth-order valence-electron chi connectivity index (χ4n) is 2.28. The smallest absolute Gasteiger partial charge is 0.222 e. The number of aliphatic imine (C=N–C) groups is 1. The number of nitrogens with two attached hydrogens (primary N) is 3. The molecule has 0 aromatic carbocycles.